The number of ether oxygens (including phenoxy) is 2. The molecule has 2 heterocycles. The minimum Gasteiger partial charge on any atom is -0.496 e. The van der Waals surface area contributed by atoms with Crippen LogP contribution in [-0.2, 0) is 9.53 Å². The quantitative estimate of drug-likeness (QED) is 0.236. The number of amides is 1. The normalized spacial score (nSPS) is 10.8. The molecule has 12 heteroatoms. The third kappa shape index (κ3) is 4.57. The maximum absolute atomic E-state index is 13.3. The predicted molar refractivity (Wildman–Crippen MR) is 122 cm³/mol. The number of carbonyl (C=O) groups excluding carboxylic acids is 2. The zero-order chi connectivity index (χ0) is 24.4. The van der Waals surface area contributed by atoms with E-state index < -0.39 is 23.4 Å². The zero-order valence-electron chi connectivity index (χ0n) is 17.9. The van der Waals surface area contributed by atoms with E-state index in [1.54, 1.807) is 29.8 Å². The van der Waals surface area contributed by atoms with Gasteiger partial charge < -0.3 is 14.8 Å². The largest absolute Gasteiger partial charge is 0.496 e. The molecule has 0 fully saturated rings. The van der Waals surface area contributed by atoms with Gasteiger partial charge in [-0.05, 0) is 49.4 Å². The number of benzene rings is 2. The lowest BCUT2D eigenvalue weighted by Crippen LogP contribution is -2.21. The summed E-state index contributed by atoms with van der Waals surface area (Å²) in [4.78, 5) is 36.3. The van der Waals surface area contributed by atoms with Crippen LogP contribution in [0.1, 0.15) is 15.4 Å². The fourth-order valence-corrected chi connectivity index (χ4v) is 4.27. The molecular weight excluding hydrogens is 467 g/mol. The van der Waals surface area contributed by atoms with Crippen LogP contribution in [0, 0.1) is 22.9 Å². The van der Waals surface area contributed by atoms with E-state index in [1.807, 2.05) is 0 Å². The molecule has 0 radical (unpaired) electrons. The number of hydrogen-bond donors (Lipinski definition) is 1. The van der Waals surface area contributed by atoms with E-state index >= 15 is 0 Å². The summed E-state index contributed by atoms with van der Waals surface area (Å²) in [7, 11) is 1.36. The van der Waals surface area contributed by atoms with Crippen molar-refractivity contribution in [2.75, 3.05) is 19.0 Å². The smallest absolute Gasteiger partial charge is 0.348 e. The van der Waals surface area contributed by atoms with Crippen LogP contribution in [0.15, 0.2) is 48.5 Å². The Kier molecular flexibility index (Phi) is 6.23. The predicted octanol–water partition coefficient (Wildman–Crippen LogP) is 4.25. The molecule has 1 amide bonds. The number of thiophene rings is 1. The number of fused-ring (bicyclic) bond motifs is 1. The zero-order valence-corrected chi connectivity index (χ0v) is 18.7. The van der Waals surface area contributed by atoms with Crippen molar-refractivity contribution >= 4 is 44.8 Å². The Morgan fingerprint density at radius 1 is 1.21 bits per heavy atom. The van der Waals surface area contributed by atoms with Crippen molar-refractivity contribution in [2.24, 2.45) is 0 Å². The van der Waals surface area contributed by atoms with Gasteiger partial charge in [-0.1, -0.05) is 0 Å². The van der Waals surface area contributed by atoms with Crippen LogP contribution < -0.4 is 10.1 Å². The Bertz CT molecular complexity index is 1410. The monoisotopic (exact) mass is 484 g/mol. The summed E-state index contributed by atoms with van der Waals surface area (Å²) in [5, 5.41) is 18.8. The number of aryl methyl sites for hydroxylation is 1. The van der Waals surface area contributed by atoms with E-state index in [0.717, 1.165) is 16.7 Å². The summed E-state index contributed by atoms with van der Waals surface area (Å²) in [6.45, 7) is 1.14. The molecule has 0 bridgehead atoms. The van der Waals surface area contributed by atoms with Crippen molar-refractivity contribution in [3.8, 4) is 11.4 Å². The summed E-state index contributed by atoms with van der Waals surface area (Å²) in [6, 6.07) is 11.3. The molecule has 2 aromatic carbocycles. The van der Waals surface area contributed by atoms with Gasteiger partial charge in [0.1, 0.15) is 27.0 Å². The highest BCUT2D eigenvalue weighted by Crippen LogP contribution is 2.31. The number of nitrogens with zero attached hydrogens (tertiary/aromatic N) is 3. The Balaban J connectivity index is 1.47. The van der Waals surface area contributed by atoms with E-state index in [-0.39, 0.29) is 27.8 Å². The lowest BCUT2D eigenvalue weighted by molar-refractivity contribution is -0.384. The Morgan fingerprint density at radius 3 is 2.62 bits per heavy atom. The first-order valence-corrected chi connectivity index (χ1v) is 10.6. The molecule has 0 unspecified atom stereocenters. The number of nitrogens with one attached hydrogen (secondary N) is 1. The first kappa shape index (κ1) is 22.9. The summed E-state index contributed by atoms with van der Waals surface area (Å²) in [5.41, 5.74) is 0.883. The SMILES string of the molecule is COc1ccc(NC(=O)COC(=O)c2cc3c(C)nn(-c4ccc(F)cc4)c3s2)c([N+](=O)[O-])c1. The number of anilines is 1. The van der Waals surface area contributed by atoms with Crippen LogP contribution in [0.3, 0.4) is 0 Å². The lowest BCUT2D eigenvalue weighted by Gasteiger charge is -2.08. The topological polar surface area (TPSA) is 126 Å². The first-order valence-electron chi connectivity index (χ1n) is 9.81. The Morgan fingerprint density at radius 2 is 1.94 bits per heavy atom. The molecule has 1 N–H and O–H groups in total. The van der Waals surface area contributed by atoms with Gasteiger partial charge in [0, 0.05) is 5.39 Å². The number of carbonyl (C=O) groups is 2. The van der Waals surface area contributed by atoms with Gasteiger partial charge in [-0.3, -0.25) is 14.9 Å². The van der Waals surface area contributed by atoms with Crippen molar-refractivity contribution in [1.82, 2.24) is 9.78 Å². The van der Waals surface area contributed by atoms with Crippen LogP contribution in [0.4, 0.5) is 15.8 Å². The van der Waals surface area contributed by atoms with E-state index in [1.165, 1.54) is 37.4 Å². The van der Waals surface area contributed by atoms with Gasteiger partial charge in [0.15, 0.2) is 6.61 Å². The standard InChI is InChI=1S/C22H17FN4O6S/c1-12-16-10-19(34-21(16)26(25-12)14-5-3-13(23)4-6-14)22(29)33-11-20(28)24-17-8-7-15(32-2)9-18(17)27(30)31/h3-10H,11H2,1-2H3,(H,24,28). The number of rotatable bonds is 7. The minimum atomic E-state index is -0.739. The number of esters is 1. The molecule has 0 aliphatic carbocycles. The molecule has 0 spiro atoms. The molecule has 0 aliphatic heterocycles. The van der Waals surface area contributed by atoms with Gasteiger partial charge in [-0.2, -0.15) is 5.10 Å². The average molecular weight is 484 g/mol. The molecule has 0 atom stereocenters. The van der Waals surface area contributed by atoms with Gasteiger partial charge in [0.05, 0.1) is 29.5 Å². The van der Waals surface area contributed by atoms with Gasteiger partial charge in [0.2, 0.25) is 0 Å². The highest BCUT2D eigenvalue weighted by molar-refractivity contribution is 7.20. The van der Waals surface area contributed by atoms with Crippen molar-refractivity contribution in [3.63, 3.8) is 0 Å². The molecule has 0 aliphatic rings. The summed E-state index contributed by atoms with van der Waals surface area (Å²) >= 11 is 1.12. The number of nitro groups is 1. The Labute approximate surface area is 195 Å². The summed E-state index contributed by atoms with van der Waals surface area (Å²) < 4.78 is 24.9. The van der Waals surface area contributed by atoms with E-state index in [2.05, 4.69) is 10.4 Å². The van der Waals surface area contributed by atoms with Crippen LogP contribution in [0.25, 0.3) is 15.9 Å². The molecule has 4 rings (SSSR count). The lowest BCUT2D eigenvalue weighted by atomic mass is 10.2. The second-order valence-electron chi connectivity index (χ2n) is 7.07. The molecule has 2 aromatic heterocycles. The van der Waals surface area contributed by atoms with Crippen LogP contribution >= 0.6 is 11.3 Å². The summed E-state index contributed by atoms with van der Waals surface area (Å²) in [6.07, 6.45) is 0. The van der Waals surface area contributed by atoms with Crippen LogP contribution in [0.2, 0.25) is 0 Å². The van der Waals surface area contributed by atoms with Crippen molar-refractivity contribution in [3.05, 3.63) is 75.0 Å². The van der Waals surface area contributed by atoms with Gasteiger partial charge >= 0.3 is 5.97 Å². The number of aromatic nitrogens is 2. The minimum absolute atomic E-state index is 0.0521. The molecule has 0 saturated heterocycles. The van der Waals surface area contributed by atoms with Crippen LogP contribution in [0.5, 0.6) is 5.75 Å². The second kappa shape index (κ2) is 9.27. The molecule has 34 heavy (non-hydrogen) atoms. The second-order valence-corrected chi connectivity index (χ2v) is 8.10. The third-order valence-corrected chi connectivity index (χ3v) is 5.92. The van der Waals surface area contributed by atoms with Gasteiger partial charge in [-0.15, -0.1) is 11.3 Å². The maximum Gasteiger partial charge on any atom is 0.348 e. The highest BCUT2D eigenvalue weighted by atomic mass is 32.1. The maximum atomic E-state index is 13.3. The van der Waals surface area contributed by atoms with Crippen LogP contribution in [-0.4, -0.2) is 40.3 Å². The molecule has 0 saturated carbocycles. The average Bonchev–Trinajstić information content (AvgIpc) is 3.39. The number of nitro benzene ring substituents is 1. The van der Waals surface area contributed by atoms with Gasteiger partial charge in [-0.25, -0.2) is 13.9 Å². The fourth-order valence-electron chi connectivity index (χ4n) is 3.19. The van der Waals surface area contributed by atoms with Crippen molar-refractivity contribution < 1.29 is 28.4 Å². The molecule has 4 aromatic rings. The molecular formula is C22H17FN4O6S. The molecule has 10 nitrogen and oxygen atoms in total. The highest BCUT2D eigenvalue weighted by Gasteiger charge is 2.21. The Hall–Kier alpha value is -4.32. The van der Waals surface area contributed by atoms with Gasteiger partial charge in [0.25, 0.3) is 11.6 Å². The summed E-state index contributed by atoms with van der Waals surface area (Å²) in [5.74, 6) is -1.59. The van der Waals surface area contributed by atoms with E-state index in [9.17, 15) is 24.1 Å². The first-order chi connectivity index (χ1) is 16.3. The fraction of sp³-hybridized carbons (Fsp3) is 0.136. The van der Waals surface area contributed by atoms with E-state index in [4.69, 9.17) is 9.47 Å². The van der Waals surface area contributed by atoms with Crippen molar-refractivity contribution in [2.45, 2.75) is 6.92 Å². The third-order valence-electron chi connectivity index (χ3n) is 4.83. The van der Waals surface area contributed by atoms with E-state index in [0.29, 0.717) is 16.2 Å². The molecule has 174 valence electrons. The number of methoxy groups -OCH3 is 1. The number of halogens is 1. The van der Waals surface area contributed by atoms with Crippen molar-refractivity contribution in [1.29, 1.82) is 0 Å². The number of hydrogen-bond acceptors (Lipinski definition) is 8.